The van der Waals surface area contributed by atoms with Gasteiger partial charge in [-0.1, -0.05) is 29.3 Å². The Bertz CT molecular complexity index is 669. The first-order chi connectivity index (χ1) is 8.96. The molecule has 0 N–H and O–H groups in total. The van der Waals surface area contributed by atoms with Gasteiger partial charge in [-0.25, -0.2) is 8.42 Å². The molecule has 19 heavy (non-hydrogen) atoms. The monoisotopic (exact) mass is 335 g/mol. The van der Waals surface area contributed by atoms with E-state index in [2.05, 4.69) is 0 Å². The van der Waals surface area contributed by atoms with Gasteiger partial charge in [-0.15, -0.1) is 11.3 Å². The Morgan fingerprint density at radius 1 is 1.26 bits per heavy atom. The minimum Gasteiger partial charge on any atom is -0.264 e. The number of rotatable bonds is 4. The summed E-state index contributed by atoms with van der Waals surface area (Å²) in [4.78, 5) is 0. The number of hydrogen-bond donors (Lipinski definition) is 0. The van der Waals surface area contributed by atoms with Crippen molar-refractivity contribution in [3.05, 3.63) is 45.8 Å². The number of anilines is 1. The molecule has 0 aliphatic heterocycles. The number of hydrogen-bond acceptors (Lipinski definition) is 3. The lowest BCUT2D eigenvalue weighted by Gasteiger charge is -2.23. The van der Waals surface area contributed by atoms with Crippen LogP contribution in [0.15, 0.2) is 39.9 Å². The van der Waals surface area contributed by atoms with Gasteiger partial charge in [-0.2, -0.15) is 0 Å². The van der Waals surface area contributed by atoms with E-state index >= 15 is 0 Å². The fraction of sp³-hybridized carbons (Fsp3) is 0.167. The molecule has 0 fully saturated rings. The van der Waals surface area contributed by atoms with Crippen LogP contribution in [0.5, 0.6) is 0 Å². The molecule has 7 heteroatoms. The fourth-order valence-electron chi connectivity index (χ4n) is 1.67. The van der Waals surface area contributed by atoms with E-state index in [1.165, 1.54) is 15.6 Å². The predicted octanol–water partition coefficient (Wildman–Crippen LogP) is 4.27. The molecule has 0 aliphatic carbocycles. The van der Waals surface area contributed by atoms with Gasteiger partial charge in [0.2, 0.25) is 0 Å². The molecule has 0 bridgehead atoms. The number of benzene rings is 1. The van der Waals surface area contributed by atoms with Crippen molar-refractivity contribution in [1.82, 2.24) is 0 Å². The first kappa shape index (κ1) is 14.7. The van der Waals surface area contributed by atoms with E-state index in [1.54, 1.807) is 42.6 Å². The molecule has 0 radical (unpaired) electrons. The SMILES string of the molecule is CCN(c1cc(Cl)ccc1Cl)S(=O)(=O)c1cccs1. The number of thiophene rings is 1. The Labute approximate surface area is 126 Å². The van der Waals surface area contributed by atoms with Gasteiger partial charge in [0.05, 0.1) is 10.7 Å². The van der Waals surface area contributed by atoms with E-state index in [9.17, 15) is 8.42 Å². The molecule has 2 aromatic rings. The van der Waals surface area contributed by atoms with Crippen LogP contribution in [-0.2, 0) is 10.0 Å². The molecule has 0 atom stereocenters. The van der Waals surface area contributed by atoms with Crippen molar-refractivity contribution >= 4 is 50.2 Å². The highest BCUT2D eigenvalue weighted by molar-refractivity contribution is 7.94. The highest BCUT2D eigenvalue weighted by Gasteiger charge is 2.26. The third-order valence-corrected chi connectivity index (χ3v) is 6.32. The summed E-state index contributed by atoms with van der Waals surface area (Å²) in [5.74, 6) is 0. The molecule has 0 saturated carbocycles. The minimum absolute atomic E-state index is 0.278. The van der Waals surface area contributed by atoms with E-state index in [0.717, 1.165) is 0 Å². The zero-order valence-corrected chi connectivity index (χ0v) is 13.2. The molecule has 2 rings (SSSR count). The standard InChI is InChI=1S/C12H11Cl2NO2S2/c1-2-15(11-8-9(13)5-6-10(11)14)19(16,17)12-4-3-7-18-12/h3-8H,2H2,1H3. The lowest BCUT2D eigenvalue weighted by Crippen LogP contribution is -2.30. The van der Waals surface area contributed by atoms with Gasteiger partial charge >= 0.3 is 0 Å². The van der Waals surface area contributed by atoms with Crippen molar-refractivity contribution < 1.29 is 8.42 Å². The Kier molecular flexibility index (Phi) is 4.40. The summed E-state index contributed by atoms with van der Waals surface area (Å²) in [7, 11) is -3.59. The van der Waals surface area contributed by atoms with E-state index in [0.29, 0.717) is 15.7 Å². The van der Waals surface area contributed by atoms with Crippen LogP contribution in [0.3, 0.4) is 0 Å². The summed E-state index contributed by atoms with van der Waals surface area (Å²) in [5.41, 5.74) is 0.394. The highest BCUT2D eigenvalue weighted by Crippen LogP contribution is 2.33. The molecule has 1 aromatic carbocycles. The van der Waals surface area contributed by atoms with Crippen molar-refractivity contribution in [2.45, 2.75) is 11.1 Å². The average Bonchev–Trinajstić information content (AvgIpc) is 2.88. The molecule has 1 aromatic heterocycles. The molecule has 0 unspecified atom stereocenters. The topological polar surface area (TPSA) is 37.4 Å². The second kappa shape index (κ2) is 5.71. The van der Waals surface area contributed by atoms with Crippen molar-refractivity contribution in [2.75, 3.05) is 10.8 Å². The number of sulfonamides is 1. The van der Waals surface area contributed by atoms with E-state index < -0.39 is 10.0 Å². The van der Waals surface area contributed by atoms with E-state index in [-0.39, 0.29) is 10.8 Å². The van der Waals surface area contributed by atoms with Crippen molar-refractivity contribution in [2.24, 2.45) is 0 Å². The normalized spacial score (nSPS) is 11.5. The third kappa shape index (κ3) is 2.89. The van der Waals surface area contributed by atoms with Crippen LogP contribution in [0.4, 0.5) is 5.69 Å². The molecule has 0 spiro atoms. The van der Waals surface area contributed by atoms with Crippen LogP contribution < -0.4 is 4.31 Å². The molecule has 3 nitrogen and oxygen atoms in total. The summed E-state index contributed by atoms with van der Waals surface area (Å²) >= 11 is 13.2. The predicted molar refractivity (Wildman–Crippen MR) is 81.0 cm³/mol. The van der Waals surface area contributed by atoms with Crippen molar-refractivity contribution in [3.63, 3.8) is 0 Å². The Balaban J connectivity index is 2.54. The van der Waals surface area contributed by atoms with Crippen LogP contribution in [-0.4, -0.2) is 15.0 Å². The first-order valence-electron chi connectivity index (χ1n) is 5.48. The van der Waals surface area contributed by atoms with Gasteiger partial charge < -0.3 is 0 Å². The van der Waals surface area contributed by atoms with Gasteiger partial charge in [0.25, 0.3) is 10.0 Å². The summed E-state index contributed by atoms with van der Waals surface area (Å²) in [6.07, 6.45) is 0. The zero-order valence-electron chi connectivity index (χ0n) is 10.0. The van der Waals surface area contributed by atoms with Crippen LogP contribution in [0.1, 0.15) is 6.92 Å². The highest BCUT2D eigenvalue weighted by atomic mass is 35.5. The summed E-state index contributed by atoms with van der Waals surface area (Å²) in [5, 5.41) is 2.52. The van der Waals surface area contributed by atoms with Crippen LogP contribution in [0, 0.1) is 0 Å². The van der Waals surface area contributed by atoms with Crippen LogP contribution in [0.2, 0.25) is 10.0 Å². The van der Waals surface area contributed by atoms with Gasteiger partial charge in [-0.3, -0.25) is 4.31 Å². The molecular formula is C12H11Cl2NO2S2. The average molecular weight is 336 g/mol. The number of nitrogens with zero attached hydrogens (tertiary/aromatic N) is 1. The maximum atomic E-state index is 12.5. The minimum atomic E-state index is -3.59. The fourth-order valence-corrected chi connectivity index (χ4v) is 4.69. The van der Waals surface area contributed by atoms with Crippen LogP contribution in [0.25, 0.3) is 0 Å². The van der Waals surface area contributed by atoms with Gasteiger partial charge in [0.15, 0.2) is 0 Å². The van der Waals surface area contributed by atoms with E-state index in [4.69, 9.17) is 23.2 Å². The molecule has 0 amide bonds. The summed E-state index contributed by atoms with van der Waals surface area (Å²) in [6.45, 7) is 2.03. The second-order valence-electron chi connectivity index (χ2n) is 3.70. The largest absolute Gasteiger partial charge is 0.273 e. The lowest BCUT2D eigenvalue weighted by atomic mass is 10.3. The molecule has 0 aliphatic rings. The molecule has 1 heterocycles. The second-order valence-corrected chi connectivity index (χ2v) is 7.58. The quantitative estimate of drug-likeness (QED) is 0.836. The molecule has 102 valence electrons. The van der Waals surface area contributed by atoms with Crippen molar-refractivity contribution in [3.8, 4) is 0 Å². The summed E-state index contributed by atoms with van der Waals surface area (Å²) in [6, 6.07) is 8.04. The molecular weight excluding hydrogens is 325 g/mol. The van der Waals surface area contributed by atoms with Gasteiger partial charge in [0.1, 0.15) is 4.21 Å². The van der Waals surface area contributed by atoms with Gasteiger partial charge in [-0.05, 0) is 36.6 Å². The zero-order chi connectivity index (χ0) is 14.0. The smallest absolute Gasteiger partial charge is 0.264 e. The maximum absolute atomic E-state index is 12.5. The summed E-state index contributed by atoms with van der Waals surface area (Å²) < 4.78 is 26.6. The van der Waals surface area contributed by atoms with Crippen molar-refractivity contribution in [1.29, 1.82) is 0 Å². The Morgan fingerprint density at radius 2 is 2.00 bits per heavy atom. The Hall–Kier alpha value is -0.750. The van der Waals surface area contributed by atoms with Crippen LogP contribution >= 0.6 is 34.5 Å². The maximum Gasteiger partial charge on any atom is 0.273 e. The number of halogens is 2. The van der Waals surface area contributed by atoms with E-state index in [1.807, 2.05) is 0 Å². The van der Waals surface area contributed by atoms with Gasteiger partial charge in [0, 0.05) is 11.6 Å². The molecule has 0 saturated heterocycles. The first-order valence-corrected chi connectivity index (χ1v) is 8.55. The Morgan fingerprint density at radius 3 is 2.58 bits per heavy atom. The lowest BCUT2D eigenvalue weighted by molar-refractivity contribution is 0.594. The third-order valence-electron chi connectivity index (χ3n) is 2.50.